The molecular formula is C23H35ClN4O. The van der Waals surface area contributed by atoms with Crippen LogP contribution in [0.4, 0.5) is 5.69 Å². The van der Waals surface area contributed by atoms with Gasteiger partial charge in [-0.1, -0.05) is 52.3 Å². The third-order valence-electron chi connectivity index (χ3n) is 4.82. The van der Waals surface area contributed by atoms with Crippen LogP contribution in [0.1, 0.15) is 71.0 Å². The van der Waals surface area contributed by atoms with Crippen molar-refractivity contribution in [1.82, 2.24) is 9.78 Å². The molecule has 0 aliphatic heterocycles. The summed E-state index contributed by atoms with van der Waals surface area (Å²) < 4.78 is 2.06. The smallest absolute Gasteiger partial charge is 0.229 e. The molecule has 0 aliphatic carbocycles. The van der Waals surface area contributed by atoms with E-state index in [1.165, 1.54) is 11.3 Å². The van der Waals surface area contributed by atoms with Crippen molar-refractivity contribution in [2.24, 2.45) is 11.1 Å². The van der Waals surface area contributed by atoms with E-state index in [9.17, 15) is 4.79 Å². The number of nitrogens with two attached hydrogens (primary N) is 1. The number of rotatable bonds is 7. The minimum absolute atomic E-state index is 0.0561. The Bertz CT molecular complexity index is 872. The molecule has 0 aliphatic rings. The predicted octanol–water partition coefficient (Wildman–Crippen LogP) is 4.97. The predicted molar refractivity (Wildman–Crippen MR) is 122 cm³/mol. The monoisotopic (exact) mass is 418 g/mol. The number of hydrogen-bond acceptors (Lipinski definition) is 3. The first-order valence-corrected chi connectivity index (χ1v) is 10.7. The number of anilines is 1. The quantitative estimate of drug-likeness (QED) is 0.666. The van der Waals surface area contributed by atoms with Gasteiger partial charge in [0.2, 0.25) is 5.91 Å². The molecular weight excluding hydrogens is 384 g/mol. The summed E-state index contributed by atoms with van der Waals surface area (Å²) in [6.07, 6.45) is 2.52. The second-order valence-electron chi connectivity index (χ2n) is 9.42. The van der Waals surface area contributed by atoms with Crippen molar-refractivity contribution in [2.75, 3.05) is 5.32 Å². The molecule has 0 saturated carbocycles. The highest BCUT2D eigenvalue weighted by Gasteiger charge is 2.23. The van der Waals surface area contributed by atoms with Crippen LogP contribution in [-0.2, 0) is 30.6 Å². The summed E-state index contributed by atoms with van der Waals surface area (Å²) in [6, 6.07) is 5.84. The zero-order chi connectivity index (χ0) is 22.0. The van der Waals surface area contributed by atoms with Crippen molar-refractivity contribution < 1.29 is 4.79 Å². The lowest BCUT2D eigenvalue weighted by Gasteiger charge is -2.20. The molecule has 0 atom stereocenters. The van der Waals surface area contributed by atoms with Gasteiger partial charge in [0.15, 0.2) is 0 Å². The SMILES string of the molecule is CCc1nn(CC(C)(C)N)c(CC)c1Cc1ccc(NC(=O)C(C)(C)C)c(Cl)c1. The number of hydrogen-bond donors (Lipinski definition) is 2. The molecule has 0 saturated heterocycles. The second-order valence-corrected chi connectivity index (χ2v) is 9.83. The van der Waals surface area contributed by atoms with Crippen LogP contribution in [0.3, 0.4) is 0 Å². The Labute approximate surface area is 180 Å². The van der Waals surface area contributed by atoms with Crippen LogP contribution in [0, 0.1) is 5.41 Å². The maximum atomic E-state index is 12.3. The molecule has 0 bridgehead atoms. The van der Waals surface area contributed by atoms with Gasteiger partial charge in [0, 0.05) is 28.6 Å². The molecule has 160 valence electrons. The molecule has 0 radical (unpaired) electrons. The first-order valence-electron chi connectivity index (χ1n) is 10.3. The molecule has 1 amide bonds. The third-order valence-corrected chi connectivity index (χ3v) is 5.13. The maximum Gasteiger partial charge on any atom is 0.229 e. The Kier molecular flexibility index (Phi) is 7.18. The summed E-state index contributed by atoms with van der Waals surface area (Å²) >= 11 is 6.48. The van der Waals surface area contributed by atoms with Gasteiger partial charge >= 0.3 is 0 Å². The summed E-state index contributed by atoms with van der Waals surface area (Å²) in [5, 5.41) is 8.30. The van der Waals surface area contributed by atoms with Crippen molar-refractivity contribution in [2.45, 2.75) is 79.8 Å². The Morgan fingerprint density at radius 1 is 1.17 bits per heavy atom. The van der Waals surface area contributed by atoms with Gasteiger partial charge in [-0.05, 0) is 44.4 Å². The molecule has 0 unspecified atom stereocenters. The van der Waals surface area contributed by atoms with Crippen LogP contribution in [0.5, 0.6) is 0 Å². The zero-order valence-electron chi connectivity index (χ0n) is 18.8. The fourth-order valence-electron chi connectivity index (χ4n) is 3.27. The second kappa shape index (κ2) is 8.88. The Morgan fingerprint density at radius 3 is 2.31 bits per heavy atom. The Hall–Kier alpha value is -1.85. The number of carbonyl (C=O) groups excluding carboxylic acids is 1. The normalized spacial score (nSPS) is 12.3. The van der Waals surface area contributed by atoms with Crippen LogP contribution in [-0.4, -0.2) is 21.2 Å². The zero-order valence-corrected chi connectivity index (χ0v) is 19.6. The van der Waals surface area contributed by atoms with E-state index >= 15 is 0 Å². The van der Waals surface area contributed by atoms with Crippen molar-refractivity contribution in [3.05, 3.63) is 45.7 Å². The summed E-state index contributed by atoms with van der Waals surface area (Å²) in [5.74, 6) is -0.0561. The van der Waals surface area contributed by atoms with Crippen LogP contribution in [0.2, 0.25) is 5.02 Å². The summed E-state index contributed by atoms with van der Waals surface area (Å²) in [5.41, 5.74) is 10.8. The number of nitrogens with one attached hydrogen (secondary N) is 1. The minimum Gasteiger partial charge on any atom is -0.324 e. The summed E-state index contributed by atoms with van der Waals surface area (Å²) in [6.45, 7) is 14.6. The molecule has 5 nitrogen and oxygen atoms in total. The average molecular weight is 419 g/mol. The van der Waals surface area contributed by atoms with Gasteiger partial charge in [0.25, 0.3) is 0 Å². The maximum absolute atomic E-state index is 12.3. The van der Waals surface area contributed by atoms with E-state index in [0.717, 1.165) is 30.5 Å². The first-order chi connectivity index (χ1) is 13.4. The highest BCUT2D eigenvalue weighted by atomic mass is 35.5. The van der Waals surface area contributed by atoms with E-state index < -0.39 is 5.41 Å². The largest absolute Gasteiger partial charge is 0.324 e. The summed E-state index contributed by atoms with van der Waals surface area (Å²) in [7, 11) is 0. The van der Waals surface area contributed by atoms with E-state index in [4.69, 9.17) is 22.4 Å². The standard InChI is InChI=1S/C23H35ClN4O/c1-8-18-16(20(9-2)28(27-18)14-23(6,7)25)12-15-10-11-19(17(24)13-15)26-21(29)22(3,4)5/h10-11,13H,8-9,12,14,25H2,1-7H3,(H,26,29). The number of aryl methyl sites for hydroxylation is 1. The highest BCUT2D eigenvalue weighted by molar-refractivity contribution is 6.33. The van der Waals surface area contributed by atoms with Crippen LogP contribution >= 0.6 is 11.6 Å². The number of nitrogens with zero attached hydrogens (tertiary/aromatic N) is 2. The van der Waals surface area contributed by atoms with Gasteiger partial charge in [-0.3, -0.25) is 9.48 Å². The van der Waals surface area contributed by atoms with Gasteiger partial charge in [-0.15, -0.1) is 0 Å². The molecule has 3 N–H and O–H groups in total. The highest BCUT2D eigenvalue weighted by Crippen LogP contribution is 2.28. The minimum atomic E-state index is -0.473. The lowest BCUT2D eigenvalue weighted by atomic mass is 9.95. The fraction of sp³-hybridized carbons (Fsp3) is 0.565. The number of halogens is 1. The van der Waals surface area contributed by atoms with Gasteiger partial charge in [0.1, 0.15) is 0 Å². The van der Waals surface area contributed by atoms with E-state index in [0.29, 0.717) is 17.3 Å². The van der Waals surface area contributed by atoms with Crippen molar-refractivity contribution in [3.63, 3.8) is 0 Å². The van der Waals surface area contributed by atoms with E-state index in [2.05, 4.69) is 23.8 Å². The topological polar surface area (TPSA) is 72.9 Å². The van der Waals surface area contributed by atoms with Crippen LogP contribution < -0.4 is 11.1 Å². The van der Waals surface area contributed by atoms with Gasteiger partial charge in [0.05, 0.1) is 22.9 Å². The van der Waals surface area contributed by atoms with Crippen molar-refractivity contribution in [1.29, 1.82) is 0 Å². The number of aromatic nitrogens is 2. The first kappa shape index (κ1) is 23.4. The molecule has 6 heteroatoms. The molecule has 1 aromatic heterocycles. The van der Waals surface area contributed by atoms with Crippen molar-refractivity contribution >= 4 is 23.2 Å². The Balaban J connectivity index is 2.32. The van der Waals surface area contributed by atoms with Gasteiger partial charge in [-0.25, -0.2) is 0 Å². The summed E-state index contributed by atoms with van der Waals surface area (Å²) in [4.78, 5) is 12.3. The molecule has 1 aromatic carbocycles. The third kappa shape index (κ3) is 6.06. The molecule has 0 spiro atoms. The van der Waals surface area contributed by atoms with E-state index in [-0.39, 0.29) is 11.4 Å². The number of benzene rings is 1. The lowest BCUT2D eigenvalue weighted by Crippen LogP contribution is -2.38. The van der Waals surface area contributed by atoms with Crippen LogP contribution in [0.15, 0.2) is 18.2 Å². The van der Waals surface area contributed by atoms with E-state index in [1.54, 1.807) is 0 Å². The van der Waals surface area contributed by atoms with E-state index in [1.807, 2.05) is 52.8 Å². The van der Waals surface area contributed by atoms with Crippen molar-refractivity contribution in [3.8, 4) is 0 Å². The number of amides is 1. The van der Waals surface area contributed by atoms with Gasteiger partial charge < -0.3 is 11.1 Å². The van der Waals surface area contributed by atoms with Crippen LogP contribution in [0.25, 0.3) is 0 Å². The molecule has 29 heavy (non-hydrogen) atoms. The Morgan fingerprint density at radius 2 is 1.83 bits per heavy atom. The molecule has 2 rings (SSSR count). The van der Waals surface area contributed by atoms with Gasteiger partial charge in [-0.2, -0.15) is 5.10 Å². The number of carbonyl (C=O) groups is 1. The average Bonchev–Trinajstić information content (AvgIpc) is 2.90. The molecule has 1 heterocycles. The molecule has 2 aromatic rings. The molecule has 0 fully saturated rings. The lowest BCUT2D eigenvalue weighted by molar-refractivity contribution is -0.123. The fourth-order valence-corrected chi connectivity index (χ4v) is 3.52.